The number of carbonyl (C=O) groups is 1. The molecule has 2 aromatic heterocycles. The zero-order valence-electron chi connectivity index (χ0n) is 10.3. The number of thiophene rings is 1. The molecule has 2 heterocycles. The van der Waals surface area contributed by atoms with E-state index in [1.165, 1.54) is 11.3 Å². The molecule has 0 aliphatic carbocycles. The minimum Gasteiger partial charge on any atom is -0.460 e. The second kappa shape index (κ2) is 6.19. The van der Waals surface area contributed by atoms with Gasteiger partial charge in [-0.05, 0) is 51.3 Å². The topological polar surface area (TPSA) is 52.3 Å². The summed E-state index contributed by atoms with van der Waals surface area (Å²) in [5, 5.41) is 0. The quantitative estimate of drug-likeness (QED) is 0.690. The van der Waals surface area contributed by atoms with Crippen molar-refractivity contribution in [2.24, 2.45) is 0 Å². The molecule has 0 saturated heterocycles. The largest absolute Gasteiger partial charge is 0.460 e. The Kier molecular flexibility index (Phi) is 4.81. The fourth-order valence-corrected chi connectivity index (χ4v) is 3.47. The van der Waals surface area contributed by atoms with E-state index in [0.29, 0.717) is 24.6 Å². The van der Waals surface area contributed by atoms with E-state index in [4.69, 9.17) is 9.15 Å². The lowest BCUT2D eigenvalue weighted by Crippen LogP contribution is -2.05. The number of nitrogens with zero attached hydrogens (tertiary/aromatic N) is 1. The molecule has 0 radical (unpaired) electrons. The lowest BCUT2D eigenvalue weighted by molar-refractivity contribution is 0.0489. The molecular formula is C12H11Br2NO3S. The first-order valence-corrected chi connectivity index (χ1v) is 8.09. The third-order valence-corrected chi connectivity index (χ3v) is 5.59. The van der Waals surface area contributed by atoms with Crippen LogP contribution in [0.3, 0.4) is 0 Å². The molecule has 102 valence electrons. The van der Waals surface area contributed by atoms with Crippen molar-refractivity contribution in [3.8, 4) is 10.8 Å². The van der Waals surface area contributed by atoms with Crippen molar-refractivity contribution in [3.63, 3.8) is 0 Å². The second-order valence-electron chi connectivity index (χ2n) is 3.60. The van der Waals surface area contributed by atoms with Crippen LogP contribution >= 0.6 is 43.2 Å². The van der Waals surface area contributed by atoms with Gasteiger partial charge in [0, 0.05) is 4.47 Å². The van der Waals surface area contributed by atoms with Crippen LogP contribution in [-0.4, -0.2) is 17.6 Å². The Labute approximate surface area is 131 Å². The molecule has 2 aromatic rings. The number of halogens is 2. The van der Waals surface area contributed by atoms with Crippen molar-refractivity contribution in [1.82, 2.24) is 4.98 Å². The van der Waals surface area contributed by atoms with E-state index in [0.717, 1.165) is 13.1 Å². The molecule has 0 unspecified atom stereocenters. The second-order valence-corrected chi connectivity index (χ2v) is 6.83. The summed E-state index contributed by atoms with van der Waals surface area (Å²) in [6, 6.07) is 1.90. The summed E-state index contributed by atoms with van der Waals surface area (Å²) in [7, 11) is 0. The molecule has 0 spiro atoms. The van der Waals surface area contributed by atoms with Gasteiger partial charge < -0.3 is 9.15 Å². The van der Waals surface area contributed by atoms with Gasteiger partial charge in [0.2, 0.25) is 11.7 Å². The first-order chi connectivity index (χ1) is 9.06. The Hall–Kier alpha value is -0.660. The Morgan fingerprint density at radius 1 is 1.47 bits per heavy atom. The highest BCUT2D eigenvalue weighted by atomic mass is 79.9. The molecule has 0 aliphatic rings. The van der Waals surface area contributed by atoms with E-state index < -0.39 is 5.97 Å². The molecule has 2 rings (SSSR count). The van der Waals surface area contributed by atoms with Gasteiger partial charge in [-0.25, -0.2) is 9.78 Å². The van der Waals surface area contributed by atoms with E-state index in [2.05, 4.69) is 36.8 Å². The number of hydrogen-bond acceptors (Lipinski definition) is 5. The van der Waals surface area contributed by atoms with Gasteiger partial charge >= 0.3 is 5.97 Å². The average molecular weight is 409 g/mol. The molecule has 0 aliphatic heterocycles. The summed E-state index contributed by atoms with van der Waals surface area (Å²) in [5.41, 5.74) is 0.620. The number of rotatable bonds is 4. The third-order valence-electron chi connectivity index (χ3n) is 2.35. The van der Waals surface area contributed by atoms with Gasteiger partial charge in [0.15, 0.2) is 0 Å². The maximum atomic E-state index is 11.8. The van der Waals surface area contributed by atoms with Crippen LogP contribution in [0.25, 0.3) is 10.8 Å². The number of aryl methyl sites for hydroxylation is 1. The minimum atomic E-state index is -0.465. The maximum absolute atomic E-state index is 11.8. The van der Waals surface area contributed by atoms with Crippen molar-refractivity contribution in [2.45, 2.75) is 20.3 Å². The van der Waals surface area contributed by atoms with Crippen molar-refractivity contribution in [3.05, 3.63) is 25.8 Å². The summed E-state index contributed by atoms with van der Waals surface area (Å²) in [6.45, 7) is 3.99. The summed E-state index contributed by atoms with van der Waals surface area (Å²) < 4.78 is 12.4. The zero-order valence-corrected chi connectivity index (χ0v) is 14.3. The van der Waals surface area contributed by atoms with Crippen LogP contribution in [0.5, 0.6) is 0 Å². The van der Waals surface area contributed by atoms with Crippen LogP contribution in [-0.2, 0) is 11.2 Å². The van der Waals surface area contributed by atoms with E-state index in [9.17, 15) is 4.79 Å². The zero-order chi connectivity index (χ0) is 14.0. The van der Waals surface area contributed by atoms with E-state index in [-0.39, 0.29) is 5.76 Å². The first kappa shape index (κ1) is 14.7. The molecule has 0 aromatic carbocycles. The highest BCUT2D eigenvalue weighted by Gasteiger charge is 2.22. The van der Waals surface area contributed by atoms with Gasteiger partial charge in [0.1, 0.15) is 0 Å². The molecule has 7 heteroatoms. The molecule has 0 amide bonds. The van der Waals surface area contributed by atoms with Crippen LogP contribution in [0.1, 0.15) is 30.1 Å². The van der Waals surface area contributed by atoms with Gasteiger partial charge in [-0.15, -0.1) is 11.3 Å². The standard InChI is InChI=1S/C12H11Br2NO3S/c1-3-7-9(12(16)17-4-2)18-11(15-7)8-5-6(13)10(14)19-8/h5H,3-4H2,1-2H3. The molecular weight excluding hydrogens is 398 g/mol. The van der Waals surface area contributed by atoms with E-state index in [1.807, 2.05) is 13.0 Å². The molecule has 19 heavy (non-hydrogen) atoms. The number of hydrogen-bond donors (Lipinski definition) is 0. The average Bonchev–Trinajstić information content (AvgIpc) is 2.94. The highest BCUT2D eigenvalue weighted by Crippen LogP contribution is 2.38. The fraction of sp³-hybridized carbons (Fsp3) is 0.333. The normalized spacial score (nSPS) is 10.7. The lowest BCUT2D eigenvalue weighted by Gasteiger charge is -1.98. The SMILES string of the molecule is CCOC(=O)c1oc(-c2cc(Br)c(Br)s2)nc1CC. The molecule has 0 fully saturated rings. The lowest BCUT2D eigenvalue weighted by atomic mass is 10.3. The van der Waals surface area contributed by atoms with E-state index in [1.54, 1.807) is 6.92 Å². The molecule has 0 N–H and O–H groups in total. The number of aromatic nitrogens is 1. The van der Waals surface area contributed by atoms with Crippen molar-refractivity contribution in [2.75, 3.05) is 6.61 Å². The van der Waals surface area contributed by atoms with Crippen LogP contribution < -0.4 is 0 Å². The Morgan fingerprint density at radius 2 is 2.21 bits per heavy atom. The van der Waals surface area contributed by atoms with Crippen molar-refractivity contribution in [1.29, 1.82) is 0 Å². The van der Waals surface area contributed by atoms with Gasteiger partial charge in [-0.3, -0.25) is 0 Å². The first-order valence-electron chi connectivity index (χ1n) is 5.68. The Morgan fingerprint density at radius 3 is 2.74 bits per heavy atom. The highest BCUT2D eigenvalue weighted by molar-refractivity contribution is 9.13. The predicted molar refractivity (Wildman–Crippen MR) is 80.6 cm³/mol. The van der Waals surface area contributed by atoms with Gasteiger partial charge in [0.05, 0.1) is 21.0 Å². The Balaban J connectivity index is 2.40. The number of ether oxygens (including phenoxy) is 1. The van der Waals surface area contributed by atoms with E-state index >= 15 is 0 Å². The molecule has 0 atom stereocenters. The summed E-state index contributed by atoms with van der Waals surface area (Å²) in [6.07, 6.45) is 0.616. The third kappa shape index (κ3) is 3.09. The smallest absolute Gasteiger partial charge is 0.376 e. The van der Waals surface area contributed by atoms with Crippen LogP contribution in [0.15, 0.2) is 18.7 Å². The number of carbonyl (C=O) groups excluding carboxylic acids is 1. The molecule has 0 bridgehead atoms. The minimum absolute atomic E-state index is 0.194. The van der Waals surface area contributed by atoms with Crippen molar-refractivity contribution < 1.29 is 13.9 Å². The predicted octanol–water partition coefficient (Wildman–Crippen LogP) is 4.67. The number of esters is 1. The molecule has 0 saturated carbocycles. The molecule has 4 nitrogen and oxygen atoms in total. The van der Waals surface area contributed by atoms with Gasteiger partial charge in [0.25, 0.3) is 0 Å². The monoisotopic (exact) mass is 407 g/mol. The number of oxazole rings is 1. The fourth-order valence-electron chi connectivity index (χ4n) is 1.50. The summed E-state index contributed by atoms with van der Waals surface area (Å²) >= 11 is 8.32. The maximum Gasteiger partial charge on any atom is 0.376 e. The van der Waals surface area contributed by atoms with Crippen LogP contribution in [0, 0.1) is 0 Å². The summed E-state index contributed by atoms with van der Waals surface area (Å²) in [5.74, 6) is 0.170. The summed E-state index contributed by atoms with van der Waals surface area (Å²) in [4.78, 5) is 17.0. The van der Waals surface area contributed by atoms with Crippen LogP contribution in [0.4, 0.5) is 0 Å². The Bertz CT molecular complexity index is 587. The van der Waals surface area contributed by atoms with Crippen LogP contribution in [0.2, 0.25) is 0 Å². The van der Waals surface area contributed by atoms with Gasteiger partial charge in [-0.1, -0.05) is 6.92 Å². The van der Waals surface area contributed by atoms with Gasteiger partial charge in [-0.2, -0.15) is 0 Å². The van der Waals surface area contributed by atoms with Crippen molar-refractivity contribution >= 4 is 49.2 Å².